The van der Waals surface area contributed by atoms with Gasteiger partial charge in [-0.15, -0.1) is 5.10 Å². The molecular formula is C14H18N4O2. The van der Waals surface area contributed by atoms with Crippen LogP contribution in [0.1, 0.15) is 24.3 Å². The number of nitrogens with one attached hydrogen (secondary N) is 1. The van der Waals surface area contributed by atoms with Gasteiger partial charge in [0.1, 0.15) is 0 Å². The summed E-state index contributed by atoms with van der Waals surface area (Å²) in [5, 5.41) is 19.7. The molecule has 0 spiro atoms. The number of nitrogens with zero attached hydrogens (tertiary/aromatic N) is 3. The molecule has 1 amide bonds. The normalized spacial score (nSPS) is 12.4. The van der Waals surface area contributed by atoms with Crippen LogP contribution in [0.15, 0.2) is 36.5 Å². The lowest BCUT2D eigenvalue weighted by molar-refractivity contribution is 0.0891. The predicted molar refractivity (Wildman–Crippen MR) is 74.5 cm³/mol. The summed E-state index contributed by atoms with van der Waals surface area (Å²) >= 11 is 0. The van der Waals surface area contributed by atoms with Crippen LogP contribution >= 0.6 is 0 Å². The number of carbonyl (C=O) groups is 1. The first-order valence-electron chi connectivity index (χ1n) is 6.51. The van der Waals surface area contributed by atoms with Gasteiger partial charge in [0.05, 0.1) is 24.5 Å². The van der Waals surface area contributed by atoms with E-state index >= 15 is 0 Å². The van der Waals surface area contributed by atoms with Gasteiger partial charge in [-0.1, -0.05) is 37.3 Å². The number of carbonyl (C=O) groups excluding carboxylic acids is 1. The Hall–Kier alpha value is -2.21. The van der Waals surface area contributed by atoms with Crippen LogP contribution in [0.2, 0.25) is 0 Å². The number of hydrogen-bond acceptors (Lipinski definition) is 4. The van der Waals surface area contributed by atoms with Gasteiger partial charge in [-0.25, -0.2) is 4.68 Å². The largest absolute Gasteiger partial charge is 0.394 e. The van der Waals surface area contributed by atoms with E-state index in [2.05, 4.69) is 15.6 Å². The molecular weight excluding hydrogens is 256 g/mol. The highest BCUT2D eigenvalue weighted by molar-refractivity contribution is 5.92. The molecule has 106 valence electrons. The van der Waals surface area contributed by atoms with Crippen molar-refractivity contribution in [2.75, 3.05) is 6.61 Å². The maximum atomic E-state index is 12.0. The van der Waals surface area contributed by atoms with Crippen LogP contribution in [0.25, 0.3) is 5.69 Å². The first-order valence-corrected chi connectivity index (χ1v) is 6.51. The molecule has 6 nitrogen and oxygen atoms in total. The zero-order valence-electron chi connectivity index (χ0n) is 11.5. The molecule has 0 saturated heterocycles. The molecule has 0 unspecified atom stereocenters. The highest BCUT2D eigenvalue weighted by atomic mass is 16.3. The Kier molecular flexibility index (Phi) is 4.47. The monoisotopic (exact) mass is 274 g/mol. The molecule has 0 bridgehead atoms. The standard InChI is InChI=1S/C14H18N4O2/c1-10(2)13(9-19)15-14(20)12-8-18(17-16-12)11-6-4-3-5-7-11/h3-8,10,13,19H,9H2,1-2H3,(H,15,20)/t13-/m1/s1. The van der Waals surface area contributed by atoms with Crippen molar-refractivity contribution in [1.29, 1.82) is 0 Å². The summed E-state index contributed by atoms with van der Waals surface area (Å²) in [6.07, 6.45) is 1.57. The summed E-state index contributed by atoms with van der Waals surface area (Å²) in [7, 11) is 0. The predicted octanol–water partition coefficient (Wildman–Crippen LogP) is 1.01. The summed E-state index contributed by atoms with van der Waals surface area (Å²) in [5.74, 6) is -0.187. The fraction of sp³-hybridized carbons (Fsp3) is 0.357. The van der Waals surface area contributed by atoms with Crippen molar-refractivity contribution in [2.24, 2.45) is 5.92 Å². The van der Waals surface area contributed by atoms with Gasteiger partial charge in [-0.05, 0) is 18.1 Å². The maximum Gasteiger partial charge on any atom is 0.273 e. The molecule has 1 aromatic heterocycles. The number of aromatic nitrogens is 3. The Labute approximate surface area is 117 Å². The van der Waals surface area contributed by atoms with E-state index in [0.29, 0.717) is 0 Å². The second kappa shape index (κ2) is 6.29. The molecule has 1 aromatic carbocycles. The molecule has 2 rings (SSSR count). The van der Waals surface area contributed by atoms with Crippen molar-refractivity contribution in [3.05, 3.63) is 42.2 Å². The van der Waals surface area contributed by atoms with Crippen LogP contribution in [0, 0.1) is 5.92 Å². The van der Waals surface area contributed by atoms with E-state index in [1.165, 1.54) is 4.68 Å². The van der Waals surface area contributed by atoms with E-state index < -0.39 is 0 Å². The Bertz CT molecular complexity index is 566. The lowest BCUT2D eigenvalue weighted by atomic mass is 10.1. The molecule has 0 aliphatic rings. The number of benzene rings is 1. The Balaban J connectivity index is 2.11. The van der Waals surface area contributed by atoms with Crippen molar-refractivity contribution >= 4 is 5.91 Å². The van der Waals surface area contributed by atoms with Gasteiger partial charge in [-0.3, -0.25) is 4.79 Å². The molecule has 0 saturated carbocycles. The Morgan fingerprint density at radius 2 is 2.05 bits per heavy atom. The third-order valence-electron chi connectivity index (χ3n) is 3.06. The minimum atomic E-state index is -0.333. The van der Waals surface area contributed by atoms with Gasteiger partial charge in [0.2, 0.25) is 0 Å². The third kappa shape index (κ3) is 3.21. The molecule has 6 heteroatoms. The molecule has 2 N–H and O–H groups in total. The number of rotatable bonds is 5. The summed E-state index contributed by atoms with van der Waals surface area (Å²) in [6.45, 7) is 3.76. The van der Waals surface area contributed by atoms with Crippen LogP contribution in [0.4, 0.5) is 0 Å². The maximum absolute atomic E-state index is 12.0. The second-order valence-corrected chi connectivity index (χ2v) is 4.89. The lowest BCUT2D eigenvalue weighted by Crippen LogP contribution is -2.41. The zero-order valence-corrected chi connectivity index (χ0v) is 11.5. The van der Waals surface area contributed by atoms with Crippen molar-refractivity contribution in [3.8, 4) is 5.69 Å². The van der Waals surface area contributed by atoms with Gasteiger partial charge < -0.3 is 10.4 Å². The van der Waals surface area contributed by atoms with Gasteiger partial charge in [-0.2, -0.15) is 0 Å². The average molecular weight is 274 g/mol. The second-order valence-electron chi connectivity index (χ2n) is 4.89. The highest BCUT2D eigenvalue weighted by Gasteiger charge is 2.18. The van der Waals surface area contributed by atoms with Crippen LogP contribution in [0.5, 0.6) is 0 Å². The highest BCUT2D eigenvalue weighted by Crippen LogP contribution is 2.07. The summed E-state index contributed by atoms with van der Waals surface area (Å²) in [5.41, 5.74) is 1.06. The molecule has 20 heavy (non-hydrogen) atoms. The van der Waals surface area contributed by atoms with Crippen LogP contribution in [0.3, 0.4) is 0 Å². The van der Waals surface area contributed by atoms with Crippen LogP contribution in [-0.2, 0) is 0 Å². The van der Waals surface area contributed by atoms with E-state index in [4.69, 9.17) is 0 Å². The third-order valence-corrected chi connectivity index (χ3v) is 3.06. The first-order chi connectivity index (χ1) is 9.61. The van der Waals surface area contributed by atoms with E-state index in [-0.39, 0.29) is 30.2 Å². The zero-order chi connectivity index (χ0) is 14.5. The van der Waals surface area contributed by atoms with Gasteiger partial charge in [0, 0.05) is 0 Å². The lowest BCUT2D eigenvalue weighted by Gasteiger charge is -2.18. The SMILES string of the molecule is CC(C)[C@@H](CO)NC(=O)c1cn(-c2ccccc2)nn1. The van der Waals surface area contributed by atoms with E-state index in [9.17, 15) is 9.90 Å². The van der Waals surface area contributed by atoms with Crippen molar-refractivity contribution in [3.63, 3.8) is 0 Å². The average Bonchev–Trinajstić information content (AvgIpc) is 2.95. The van der Waals surface area contributed by atoms with Gasteiger partial charge in [0.25, 0.3) is 5.91 Å². The van der Waals surface area contributed by atoms with Crippen LogP contribution < -0.4 is 5.32 Å². The molecule has 0 aliphatic carbocycles. The molecule has 1 atom stereocenters. The van der Waals surface area contributed by atoms with E-state index in [1.807, 2.05) is 44.2 Å². The minimum Gasteiger partial charge on any atom is -0.394 e. The number of aliphatic hydroxyl groups is 1. The number of aliphatic hydroxyl groups excluding tert-OH is 1. The molecule has 1 heterocycles. The quantitative estimate of drug-likeness (QED) is 0.853. The first kappa shape index (κ1) is 14.2. The Morgan fingerprint density at radius 1 is 1.35 bits per heavy atom. The van der Waals surface area contributed by atoms with Crippen LogP contribution in [-0.4, -0.2) is 38.7 Å². The summed E-state index contributed by atoms with van der Waals surface area (Å²) in [6, 6.07) is 9.14. The fourth-order valence-electron chi connectivity index (χ4n) is 1.74. The smallest absolute Gasteiger partial charge is 0.273 e. The van der Waals surface area contributed by atoms with E-state index in [0.717, 1.165) is 5.69 Å². The van der Waals surface area contributed by atoms with E-state index in [1.54, 1.807) is 6.20 Å². The molecule has 0 aliphatic heterocycles. The van der Waals surface area contributed by atoms with Gasteiger partial charge in [0.15, 0.2) is 5.69 Å². The fourth-order valence-corrected chi connectivity index (χ4v) is 1.74. The molecule has 2 aromatic rings. The number of hydrogen-bond donors (Lipinski definition) is 2. The summed E-state index contributed by atoms with van der Waals surface area (Å²) < 4.78 is 1.54. The van der Waals surface area contributed by atoms with Crippen molar-refractivity contribution < 1.29 is 9.90 Å². The topological polar surface area (TPSA) is 80.0 Å². The molecule has 0 fully saturated rings. The van der Waals surface area contributed by atoms with Gasteiger partial charge >= 0.3 is 0 Å². The van der Waals surface area contributed by atoms with Crippen molar-refractivity contribution in [1.82, 2.24) is 20.3 Å². The van der Waals surface area contributed by atoms with Crippen molar-refractivity contribution in [2.45, 2.75) is 19.9 Å². The Morgan fingerprint density at radius 3 is 2.65 bits per heavy atom. The molecule has 0 radical (unpaired) electrons. The number of para-hydroxylation sites is 1. The minimum absolute atomic E-state index is 0.101. The summed E-state index contributed by atoms with van der Waals surface area (Å²) in [4.78, 5) is 12.0. The number of amides is 1.